The molecule has 162 valence electrons. The minimum absolute atomic E-state index is 0.0833. The van der Waals surface area contributed by atoms with Crippen LogP contribution in [0.15, 0.2) is 53.9 Å². The highest BCUT2D eigenvalue weighted by molar-refractivity contribution is 7.09. The molecule has 2 amide bonds. The fraction of sp³-hybridized carbons (Fsp3) is 0.304. The van der Waals surface area contributed by atoms with Gasteiger partial charge in [0, 0.05) is 43.7 Å². The van der Waals surface area contributed by atoms with E-state index in [0.29, 0.717) is 19.6 Å². The summed E-state index contributed by atoms with van der Waals surface area (Å²) in [5.41, 5.74) is 2.93. The predicted octanol–water partition coefficient (Wildman–Crippen LogP) is 3.99. The second-order valence-electron chi connectivity index (χ2n) is 7.40. The number of urea groups is 1. The zero-order valence-corrected chi connectivity index (χ0v) is 18.2. The molecule has 1 fully saturated rings. The van der Waals surface area contributed by atoms with Crippen LogP contribution in [0.2, 0.25) is 0 Å². The molecule has 8 heteroatoms. The summed E-state index contributed by atoms with van der Waals surface area (Å²) in [6.45, 7) is 4.14. The smallest absolute Gasteiger partial charge is 0.317 e. The number of piperazine rings is 1. The van der Waals surface area contributed by atoms with E-state index in [0.717, 1.165) is 47.2 Å². The van der Waals surface area contributed by atoms with Crippen LogP contribution in [0.5, 0.6) is 5.75 Å². The highest BCUT2D eigenvalue weighted by Crippen LogP contribution is 2.25. The molecule has 0 unspecified atom stereocenters. The molecule has 1 saturated heterocycles. The Labute approximate surface area is 185 Å². The molecule has 1 N–H and O–H groups in total. The van der Waals surface area contributed by atoms with Gasteiger partial charge < -0.3 is 15.0 Å². The molecule has 2 aromatic carbocycles. The molecule has 31 heavy (non-hydrogen) atoms. The molecule has 0 spiro atoms. The molecule has 0 saturated carbocycles. The summed E-state index contributed by atoms with van der Waals surface area (Å²) in [6.07, 6.45) is 0. The lowest BCUT2D eigenvalue weighted by Crippen LogP contribution is -2.51. The van der Waals surface area contributed by atoms with Crippen LogP contribution in [-0.2, 0) is 13.1 Å². The van der Waals surface area contributed by atoms with Crippen LogP contribution in [-0.4, -0.2) is 54.1 Å². The number of carbonyl (C=O) groups is 1. The summed E-state index contributed by atoms with van der Waals surface area (Å²) in [5.74, 6) is 0.557. The summed E-state index contributed by atoms with van der Waals surface area (Å²) >= 11 is 1.66. The largest absolute Gasteiger partial charge is 0.497 e. The van der Waals surface area contributed by atoms with Crippen molar-refractivity contribution in [2.45, 2.75) is 13.1 Å². The van der Waals surface area contributed by atoms with Gasteiger partial charge in [0.05, 0.1) is 19.3 Å². The van der Waals surface area contributed by atoms with Crippen molar-refractivity contribution in [1.29, 1.82) is 0 Å². The number of halogens is 1. The van der Waals surface area contributed by atoms with E-state index in [2.05, 4.69) is 15.6 Å². The molecule has 1 aliphatic heterocycles. The first-order valence-corrected chi connectivity index (χ1v) is 11.1. The van der Waals surface area contributed by atoms with Gasteiger partial charge in [-0.3, -0.25) is 4.90 Å². The average Bonchev–Trinajstić information content (AvgIpc) is 3.27. The Hall–Kier alpha value is -2.97. The summed E-state index contributed by atoms with van der Waals surface area (Å²) in [6, 6.07) is 14.0. The van der Waals surface area contributed by atoms with Crippen molar-refractivity contribution in [3.8, 4) is 17.0 Å². The number of rotatable bonds is 6. The SMILES string of the molecule is COc1ccc(-c2csc(CN3CCN(C(=O)NCc4ccc(F)cc4)CC3)n2)cc1. The zero-order valence-electron chi connectivity index (χ0n) is 17.4. The van der Waals surface area contributed by atoms with Gasteiger partial charge in [0.15, 0.2) is 0 Å². The van der Waals surface area contributed by atoms with Gasteiger partial charge in [-0.1, -0.05) is 12.1 Å². The number of methoxy groups -OCH3 is 1. The van der Waals surface area contributed by atoms with Gasteiger partial charge >= 0.3 is 6.03 Å². The second-order valence-corrected chi connectivity index (χ2v) is 8.35. The van der Waals surface area contributed by atoms with Gasteiger partial charge in [0.2, 0.25) is 0 Å². The van der Waals surface area contributed by atoms with Crippen LogP contribution in [0.1, 0.15) is 10.6 Å². The van der Waals surface area contributed by atoms with Gasteiger partial charge in [-0.05, 0) is 42.0 Å². The monoisotopic (exact) mass is 440 g/mol. The van der Waals surface area contributed by atoms with Crippen LogP contribution in [0.25, 0.3) is 11.3 Å². The first-order chi connectivity index (χ1) is 15.1. The number of thiazole rings is 1. The normalized spacial score (nSPS) is 14.5. The average molecular weight is 441 g/mol. The maximum absolute atomic E-state index is 13.0. The van der Waals surface area contributed by atoms with E-state index < -0.39 is 0 Å². The predicted molar refractivity (Wildman–Crippen MR) is 120 cm³/mol. The second kappa shape index (κ2) is 9.89. The molecule has 4 rings (SSSR count). The van der Waals surface area contributed by atoms with Gasteiger partial charge in [0.1, 0.15) is 16.6 Å². The standard InChI is InChI=1S/C23H25FN4O2S/c1-30-20-8-4-18(5-9-20)21-16-31-22(26-21)15-27-10-12-28(13-11-27)23(29)25-14-17-2-6-19(24)7-3-17/h2-9,16H,10-15H2,1H3,(H,25,29). The number of carbonyl (C=O) groups excluding carboxylic acids is 1. The molecule has 2 heterocycles. The van der Waals surface area contributed by atoms with Crippen molar-refractivity contribution in [1.82, 2.24) is 20.1 Å². The lowest BCUT2D eigenvalue weighted by Gasteiger charge is -2.34. The Morgan fingerprint density at radius 3 is 2.48 bits per heavy atom. The van der Waals surface area contributed by atoms with Crippen molar-refractivity contribution >= 4 is 17.4 Å². The molecular formula is C23H25FN4O2S. The van der Waals surface area contributed by atoms with E-state index in [4.69, 9.17) is 9.72 Å². The number of amides is 2. The van der Waals surface area contributed by atoms with Crippen LogP contribution < -0.4 is 10.1 Å². The van der Waals surface area contributed by atoms with E-state index >= 15 is 0 Å². The third-order valence-electron chi connectivity index (χ3n) is 5.31. The number of nitrogens with zero attached hydrogens (tertiary/aromatic N) is 3. The Kier molecular flexibility index (Phi) is 6.79. The van der Waals surface area contributed by atoms with Crippen molar-refractivity contribution in [2.24, 2.45) is 0 Å². The fourth-order valence-corrected chi connectivity index (χ4v) is 4.31. The minimum Gasteiger partial charge on any atom is -0.497 e. The number of aromatic nitrogens is 1. The quantitative estimate of drug-likeness (QED) is 0.630. The summed E-state index contributed by atoms with van der Waals surface area (Å²) in [4.78, 5) is 21.3. The van der Waals surface area contributed by atoms with Gasteiger partial charge in [0.25, 0.3) is 0 Å². The number of benzene rings is 2. The Balaban J connectivity index is 1.24. The zero-order chi connectivity index (χ0) is 21.6. The van der Waals surface area contributed by atoms with E-state index in [1.165, 1.54) is 12.1 Å². The summed E-state index contributed by atoms with van der Waals surface area (Å²) < 4.78 is 18.2. The third kappa shape index (κ3) is 5.59. The minimum atomic E-state index is -0.275. The highest BCUT2D eigenvalue weighted by Gasteiger charge is 2.21. The van der Waals surface area contributed by atoms with Gasteiger partial charge in [-0.2, -0.15) is 0 Å². The summed E-state index contributed by atoms with van der Waals surface area (Å²) in [7, 11) is 1.66. The summed E-state index contributed by atoms with van der Waals surface area (Å²) in [5, 5.41) is 6.06. The Morgan fingerprint density at radius 2 is 1.81 bits per heavy atom. The van der Waals surface area contributed by atoms with Crippen molar-refractivity contribution < 1.29 is 13.9 Å². The molecule has 1 aliphatic rings. The molecule has 3 aromatic rings. The molecule has 0 bridgehead atoms. The topological polar surface area (TPSA) is 57.7 Å². The molecule has 0 atom stereocenters. The molecule has 0 aliphatic carbocycles. The number of hydrogen-bond donors (Lipinski definition) is 1. The maximum Gasteiger partial charge on any atom is 0.317 e. The van der Waals surface area contributed by atoms with Crippen molar-refractivity contribution in [3.63, 3.8) is 0 Å². The van der Waals surface area contributed by atoms with Gasteiger partial charge in [-0.15, -0.1) is 11.3 Å². The number of hydrogen-bond acceptors (Lipinski definition) is 5. The van der Waals surface area contributed by atoms with Gasteiger partial charge in [-0.25, -0.2) is 14.2 Å². The van der Waals surface area contributed by atoms with E-state index in [1.54, 1.807) is 30.6 Å². The van der Waals surface area contributed by atoms with Crippen molar-refractivity contribution in [2.75, 3.05) is 33.3 Å². The molecule has 0 radical (unpaired) electrons. The van der Waals surface area contributed by atoms with Crippen LogP contribution in [0.3, 0.4) is 0 Å². The lowest BCUT2D eigenvalue weighted by atomic mass is 10.2. The number of ether oxygens (including phenoxy) is 1. The Morgan fingerprint density at radius 1 is 1.10 bits per heavy atom. The van der Waals surface area contributed by atoms with Crippen molar-refractivity contribution in [3.05, 3.63) is 70.3 Å². The number of nitrogens with one attached hydrogen (secondary N) is 1. The van der Waals surface area contributed by atoms with Crippen LogP contribution in [0.4, 0.5) is 9.18 Å². The molecule has 1 aromatic heterocycles. The third-order valence-corrected chi connectivity index (χ3v) is 6.15. The van der Waals surface area contributed by atoms with E-state index in [-0.39, 0.29) is 11.8 Å². The van der Waals surface area contributed by atoms with Crippen LogP contribution in [0, 0.1) is 5.82 Å². The fourth-order valence-electron chi connectivity index (χ4n) is 3.47. The van der Waals surface area contributed by atoms with Crippen LogP contribution >= 0.6 is 11.3 Å². The highest BCUT2D eigenvalue weighted by atomic mass is 32.1. The first kappa shape index (κ1) is 21.3. The Bertz CT molecular complexity index is 999. The molecular weight excluding hydrogens is 415 g/mol. The first-order valence-electron chi connectivity index (χ1n) is 10.2. The lowest BCUT2D eigenvalue weighted by molar-refractivity contribution is 0.135. The van der Waals surface area contributed by atoms with E-state index in [9.17, 15) is 9.18 Å². The maximum atomic E-state index is 13.0. The molecule has 6 nitrogen and oxygen atoms in total. The van der Waals surface area contributed by atoms with E-state index in [1.807, 2.05) is 29.2 Å².